The molecule has 4 nitrogen and oxygen atoms in total. The number of carbonyl (C=O) groups is 1. The van der Waals surface area contributed by atoms with Crippen molar-refractivity contribution in [2.24, 2.45) is 5.10 Å². The number of benzene rings is 3. The summed E-state index contributed by atoms with van der Waals surface area (Å²) in [6.07, 6.45) is 1.51. The van der Waals surface area contributed by atoms with Crippen LogP contribution in [0.15, 0.2) is 82.4 Å². The molecule has 3 rings (SSSR count). The Morgan fingerprint density at radius 2 is 1.81 bits per heavy atom. The van der Waals surface area contributed by atoms with Crippen molar-refractivity contribution in [2.75, 3.05) is 0 Å². The number of carbonyl (C=O) groups excluding carboxylic acids is 1. The van der Waals surface area contributed by atoms with E-state index in [4.69, 9.17) is 4.74 Å². The highest BCUT2D eigenvalue weighted by atomic mass is 79.9. The highest BCUT2D eigenvalue weighted by Gasteiger charge is 2.06. The molecule has 3 aromatic rings. The predicted molar refractivity (Wildman–Crippen MR) is 106 cm³/mol. The smallest absolute Gasteiger partial charge is 0.271 e. The molecule has 0 bridgehead atoms. The molecule has 136 valence electrons. The number of hydrogen-bond donors (Lipinski definition) is 1. The molecule has 0 saturated heterocycles. The van der Waals surface area contributed by atoms with Gasteiger partial charge in [-0.05, 0) is 48.0 Å². The average molecular weight is 427 g/mol. The average Bonchev–Trinajstić information content (AvgIpc) is 2.68. The molecule has 0 heterocycles. The summed E-state index contributed by atoms with van der Waals surface area (Å²) < 4.78 is 19.7. The first kappa shape index (κ1) is 18.8. The molecule has 27 heavy (non-hydrogen) atoms. The predicted octanol–water partition coefficient (Wildman–Crippen LogP) is 4.93. The van der Waals surface area contributed by atoms with Crippen LogP contribution < -0.4 is 10.2 Å². The Kier molecular flexibility index (Phi) is 6.33. The summed E-state index contributed by atoms with van der Waals surface area (Å²) in [5.74, 6) is -0.181. The van der Waals surface area contributed by atoms with Gasteiger partial charge in [0.25, 0.3) is 5.91 Å². The molecule has 0 unspecified atom stereocenters. The lowest BCUT2D eigenvalue weighted by atomic mass is 10.2. The zero-order valence-corrected chi connectivity index (χ0v) is 15.8. The van der Waals surface area contributed by atoms with Crippen molar-refractivity contribution in [3.8, 4) is 5.75 Å². The van der Waals surface area contributed by atoms with Crippen LogP contribution in [0.2, 0.25) is 0 Å². The number of hydrazone groups is 1. The summed E-state index contributed by atoms with van der Waals surface area (Å²) in [7, 11) is 0. The Hall–Kier alpha value is -2.99. The minimum Gasteiger partial charge on any atom is -0.488 e. The molecule has 0 atom stereocenters. The topological polar surface area (TPSA) is 50.7 Å². The fraction of sp³-hybridized carbons (Fsp3) is 0.0476. The second-order valence-electron chi connectivity index (χ2n) is 5.66. The van der Waals surface area contributed by atoms with E-state index in [-0.39, 0.29) is 0 Å². The Morgan fingerprint density at radius 3 is 2.56 bits per heavy atom. The van der Waals surface area contributed by atoms with Crippen LogP contribution in [0.4, 0.5) is 4.39 Å². The molecule has 0 aliphatic heterocycles. The van der Waals surface area contributed by atoms with Gasteiger partial charge in [-0.15, -0.1) is 0 Å². The van der Waals surface area contributed by atoms with Gasteiger partial charge in [0.15, 0.2) is 0 Å². The SMILES string of the molecule is O=C(N/N=C\c1cc(Br)ccc1OCc1ccccc1)c1ccc(F)cc1. The van der Waals surface area contributed by atoms with Gasteiger partial charge in [0.2, 0.25) is 0 Å². The van der Waals surface area contributed by atoms with Gasteiger partial charge in [-0.1, -0.05) is 46.3 Å². The first-order chi connectivity index (χ1) is 13.1. The highest BCUT2D eigenvalue weighted by Crippen LogP contribution is 2.22. The molecule has 1 N–H and O–H groups in total. The lowest BCUT2D eigenvalue weighted by molar-refractivity contribution is 0.0955. The fourth-order valence-corrected chi connectivity index (χ4v) is 2.69. The molecular formula is C21H16BrFN2O2. The molecule has 1 amide bonds. The fourth-order valence-electron chi connectivity index (χ4n) is 2.31. The standard InChI is InChI=1S/C21H16BrFN2O2/c22-18-8-11-20(27-14-15-4-2-1-3-5-15)17(12-18)13-24-25-21(26)16-6-9-19(23)10-7-16/h1-13H,14H2,(H,25,26)/b24-13-. The van der Waals surface area contributed by atoms with E-state index in [0.29, 0.717) is 23.5 Å². The summed E-state index contributed by atoms with van der Waals surface area (Å²) in [4.78, 5) is 12.0. The molecule has 0 aliphatic carbocycles. The summed E-state index contributed by atoms with van der Waals surface area (Å²) in [5.41, 5.74) is 4.50. The van der Waals surface area contributed by atoms with Crippen LogP contribution in [0.25, 0.3) is 0 Å². The van der Waals surface area contributed by atoms with Gasteiger partial charge in [-0.3, -0.25) is 4.79 Å². The number of nitrogens with one attached hydrogen (secondary N) is 1. The number of hydrogen-bond acceptors (Lipinski definition) is 3. The zero-order chi connectivity index (χ0) is 19.1. The summed E-state index contributed by atoms with van der Waals surface area (Å²) >= 11 is 3.42. The van der Waals surface area contributed by atoms with E-state index in [2.05, 4.69) is 26.5 Å². The van der Waals surface area contributed by atoms with E-state index in [1.807, 2.05) is 48.5 Å². The molecule has 6 heteroatoms. The van der Waals surface area contributed by atoms with Gasteiger partial charge in [-0.25, -0.2) is 9.82 Å². The molecule has 0 fully saturated rings. The Bertz CT molecular complexity index is 944. The maximum Gasteiger partial charge on any atom is 0.271 e. The lowest BCUT2D eigenvalue weighted by Crippen LogP contribution is -2.17. The Labute approximate surface area is 164 Å². The lowest BCUT2D eigenvalue weighted by Gasteiger charge is -2.09. The number of halogens is 2. The third-order valence-electron chi connectivity index (χ3n) is 3.69. The zero-order valence-electron chi connectivity index (χ0n) is 14.2. The van der Waals surface area contributed by atoms with Gasteiger partial charge < -0.3 is 4.74 Å². The van der Waals surface area contributed by atoms with Crippen molar-refractivity contribution in [1.82, 2.24) is 5.43 Å². The highest BCUT2D eigenvalue weighted by molar-refractivity contribution is 9.10. The van der Waals surface area contributed by atoms with Crippen molar-refractivity contribution in [3.63, 3.8) is 0 Å². The Balaban J connectivity index is 1.68. The molecule has 0 aliphatic rings. The van der Waals surface area contributed by atoms with Crippen molar-refractivity contribution in [3.05, 3.63) is 99.8 Å². The minimum absolute atomic E-state index is 0.323. The van der Waals surface area contributed by atoms with Crippen LogP contribution in [0.1, 0.15) is 21.5 Å². The minimum atomic E-state index is -0.423. The molecule has 0 spiro atoms. The largest absolute Gasteiger partial charge is 0.488 e. The maximum absolute atomic E-state index is 12.9. The molecular weight excluding hydrogens is 411 g/mol. The first-order valence-corrected chi connectivity index (χ1v) is 8.96. The maximum atomic E-state index is 12.9. The number of rotatable bonds is 6. The van der Waals surface area contributed by atoms with Crippen molar-refractivity contribution >= 4 is 28.1 Å². The van der Waals surface area contributed by atoms with Crippen molar-refractivity contribution < 1.29 is 13.9 Å². The van der Waals surface area contributed by atoms with Crippen LogP contribution in [-0.4, -0.2) is 12.1 Å². The van der Waals surface area contributed by atoms with Crippen LogP contribution in [0.5, 0.6) is 5.75 Å². The summed E-state index contributed by atoms with van der Waals surface area (Å²) in [6.45, 7) is 0.422. The van der Waals surface area contributed by atoms with Crippen molar-refractivity contribution in [2.45, 2.75) is 6.61 Å². The third-order valence-corrected chi connectivity index (χ3v) is 4.18. The molecule has 3 aromatic carbocycles. The van der Waals surface area contributed by atoms with E-state index in [1.54, 1.807) is 0 Å². The first-order valence-electron chi connectivity index (χ1n) is 8.17. The monoisotopic (exact) mass is 426 g/mol. The number of amides is 1. The van der Waals surface area contributed by atoms with E-state index < -0.39 is 11.7 Å². The van der Waals surface area contributed by atoms with E-state index in [0.717, 1.165) is 10.0 Å². The third kappa shape index (κ3) is 5.49. The Morgan fingerprint density at radius 1 is 1.07 bits per heavy atom. The van der Waals surface area contributed by atoms with Gasteiger partial charge in [0.05, 0.1) is 6.21 Å². The number of nitrogens with zero attached hydrogens (tertiary/aromatic N) is 1. The summed E-state index contributed by atoms with van der Waals surface area (Å²) in [6, 6.07) is 20.6. The molecule has 0 saturated carbocycles. The number of ether oxygens (including phenoxy) is 1. The second kappa shape index (κ2) is 9.09. The van der Waals surface area contributed by atoms with E-state index >= 15 is 0 Å². The van der Waals surface area contributed by atoms with Crippen LogP contribution in [-0.2, 0) is 6.61 Å². The van der Waals surface area contributed by atoms with Gasteiger partial charge in [-0.2, -0.15) is 5.10 Å². The quantitative estimate of drug-likeness (QED) is 0.448. The van der Waals surface area contributed by atoms with Gasteiger partial charge in [0, 0.05) is 15.6 Å². The van der Waals surface area contributed by atoms with E-state index in [1.165, 1.54) is 30.5 Å². The van der Waals surface area contributed by atoms with Crippen LogP contribution in [0.3, 0.4) is 0 Å². The van der Waals surface area contributed by atoms with Gasteiger partial charge >= 0.3 is 0 Å². The van der Waals surface area contributed by atoms with Crippen LogP contribution in [0, 0.1) is 5.82 Å². The van der Waals surface area contributed by atoms with E-state index in [9.17, 15) is 9.18 Å². The second-order valence-corrected chi connectivity index (χ2v) is 6.58. The van der Waals surface area contributed by atoms with Crippen molar-refractivity contribution in [1.29, 1.82) is 0 Å². The normalized spacial score (nSPS) is 10.7. The summed E-state index contributed by atoms with van der Waals surface area (Å²) in [5, 5.41) is 3.98. The molecule has 0 aromatic heterocycles. The van der Waals surface area contributed by atoms with Crippen LogP contribution >= 0.6 is 15.9 Å². The molecule has 0 radical (unpaired) electrons. The van der Waals surface area contributed by atoms with Gasteiger partial charge in [0.1, 0.15) is 18.2 Å².